The van der Waals surface area contributed by atoms with Crippen LogP contribution in [0, 0.1) is 0 Å². The first-order valence-electron chi connectivity index (χ1n) is 2.26. The summed E-state index contributed by atoms with van der Waals surface area (Å²) in [5, 5.41) is 0. The van der Waals surface area contributed by atoms with Gasteiger partial charge in [0.05, 0.1) is 0 Å². The van der Waals surface area contributed by atoms with E-state index in [2.05, 4.69) is 4.52 Å². The van der Waals surface area contributed by atoms with Crippen molar-refractivity contribution in [2.75, 3.05) is 0 Å². The minimum Gasteiger partial charge on any atom is -0.262 e. The summed E-state index contributed by atoms with van der Waals surface area (Å²) >= 11 is 36.8. The second kappa shape index (κ2) is 5.27. The van der Waals surface area contributed by atoms with Crippen LogP contribution in [0.25, 0.3) is 0 Å². The number of alkyl halides is 6. The maximum Gasteiger partial charge on any atom is 0.353 e. The fourth-order valence-electron chi connectivity index (χ4n) is 0.266. The van der Waals surface area contributed by atoms with E-state index in [1.165, 1.54) is 0 Å². The van der Waals surface area contributed by atoms with Crippen LogP contribution in [-0.2, 0) is 9.09 Å². The van der Waals surface area contributed by atoms with Gasteiger partial charge < -0.3 is 0 Å². The number of rotatable bonds is 2. The van der Waals surface area contributed by atoms with Crippen LogP contribution in [-0.4, -0.2) is 7.10 Å². The summed E-state index contributed by atoms with van der Waals surface area (Å²) in [6.45, 7) is 0. The third-order valence-corrected chi connectivity index (χ3v) is 6.09. The average Bonchev–Trinajstić information content (AvgIpc) is 1.43. The maximum absolute atomic E-state index is 11.2. The molecule has 0 aromatic rings. The Labute approximate surface area is 113 Å². The predicted octanol–water partition coefficient (Wildman–Crippen LogP) is 5.74. The normalized spacial score (nSPS) is 18.4. The summed E-state index contributed by atoms with van der Waals surface area (Å²) in [6, 6.07) is 0. The lowest BCUT2D eigenvalue weighted by Crippen LogP contribution is -2.05. The summed E-state index contributed by atoms with van der Waals surface area (Å²) in [5.41, 5.74) is 0. The van der Waals surface area contributed by atoms with Crippen LogP contribution in [0.2, 0.25) is 0 Å². The Kier molecular flexibility index (Phi) is 6.31. The van der Waals surface area contributed by atoms with Gasteiger partial charge in [-0.25, -0.2) is 0 Å². The molecule has 13 heavy (non-hydrogen) atoms. The van der Waals surface area contributed by atoms with E-state index in [9.17, 15) is 4.57 Å². The van der Waals surface area contributed by atoms with E-state index in [1.807, 2.05) is 0 Å². The second-order valence-electron chi connectivity index (χ2n) is 1.50. The number of hydrogen-bond acceptors (Lipinski definition) is 3. The molecule has 0 aliphatic rings. The molecule has 0 radical (unpaired) electrons. The van der Waals surface area contributed by atoms with E-state index in [0.29, 0.717) is 0 Å². The summed E-state index contributed by atoms with van der Waals surface area (Å²) < 4.78 is 11.4. The minimum atomic E-state index is -3.84. The zero-order chi connectivity index (χ0) is 10.9. The van der Waals surface area contributed by atoms with Gasteiger partial charge in [-0.1, -0.05) is 69.6 Å². The van der Waals surface area contributed by atoms with E-state index < -0.39 is 13.0 Å². The number of halogens is 7. The van der Waals surface area contributed by atoms with Gasteiger partial charge in [-0.2, -0.15) is 0 Å². The van der Waals surface area contributed by atoms with Crippen molar-refractivity contribution in [2.24, 2.45) is 0 Å². The van der Waals surface area contributed by atoms with E-state index >= 15 is 0 Å². The number of hydrogen-bond donors (Lipinski definition) is 0. The van der Waals surface area contributed by atoms with E-state index in [4.69, 9.17) is 80.8 Å². The average molecular weight is 367 g/mol. The molecule has 2 nitrogen and oxygen atoms in total. The molecule has 0 amide bonds. The zero-order valence-electron chi connectivity index (χ0n) is 5.32. The molecule has 0 rings (SSSR count). The molecule has 0 heterocycles. The quantitative estimate of drug-likeness (QED) is 0.460. The smallest absolute Gasteiger partial charge is 0.262 e. The topological polar surface area (TPSA) is 26.3 Å². The van der Waals surface area contributed by atoms with Gasteiger partial charge in [0.2, 0.25) is 3.12 Å². The summed E-state index contributed by atoms with van der Waals surface area (Å²) in [5.74, 6) is -3.84. The Bertz CT molecular complexity index is 200. The summed E-state index contributed by atoms with van der Waals surface area (Å²) in [7, 11) is 0. The minimum absolute atomic E-state index is 0.228. The molecule has 1 atom stereocenters. The Morgan fingerprint density at radius 3 is 1.69 bits per heavy atom. The van der Waals surface area contributed by atoms with Crippen LogP contribution in [0.3, 0.4) is 0 Å². The van der Waals surface area contributed by atoms with Gasteiger partial charge in [-0.3, -0.25) is 9.09 Å². The van der Waals surface area contributed by atoms with Crippen LogP contribution in [0.1, 0.15) is 0 Å². The van der Waals surface area contributed by atoms with Crippen molar-refractivity contribution in [2.45, 2.75) is 7.10 Å². The molecule has 80 valence electrons. The predicted molar refractivity (Wildman–Crippen MR) is 62.7 cm³/mol. The van der Waals surface area contributed by atoms with Crippen molar-refractivity contribution in [1.29, 1.82) is 0 Å². The van der Waals surface area contributed by atoms with Crippen LogP contribution in [0.15, 0.2) is 0 Å². The van der Waals surface area contributed by atoms with Gasteiger partial charge in [0.15, 0.2) is 0 Å². The molecule has 0 N–H and O–H groups in total. The van der Waals surface area contributed by atoms with Crippen LogP contribution in [0.4, 0.5) is 0 Å². The molecule has 0 spiro atoms. The third-order valence-electron chi connectivity index (χ3n) is 0.425. The van der Waals surface area contributed by atoms with Crippen LogP contribution < -0.4 is 0 Å². The third kappa shape index (κ3) is 10.8. The maximum atomic E-state index is 11.2. The monoisotopic (exact) mass is 364 g/mol. The Morgan fingerprint density at radius 2 is 1.46 bits per heavy atom. The highest BCUT2D eigenvalue weighted by Gasteiger charge is 2.40. The standard InChI is InChI=1S/C2Cl7O2PS/c3-1(4,5)11-12(9,10)13-2(6,7)8. The Morgan fingerprint density at radius 1 is 1.08 bits per heavy atom. The highest BCUT2D eigenvalue weighted by atomic mass is 35.7. The van der Waals surface area contributed by atoms with Gasteiger partial charge in [0.25, 0.3) is 0 Å². The molecule has 0 aromatic carbocycles. The van der Waals surface area contributed by atoms with E-state index in [0.717, 1.165) is 0 Å². The molecular formula is C2Cl7O2PS. The van der Waals surface area contributed by atoms with Crippen molar-refractivity contribution in [3.8, 4) is 0 Å². The molecule has 0 saturated carbocycles. The molecule has 0 saturated heterocycles. The molecule has 0 aromatic heterocycles. The molecule has 0 aliphatic heterocycles. The van der Waals surface area contributed by atoms with Gasteiger partial charge in [0, 0.05) is 11.4 Å². The fourth-order valence-corrected chi connectivity index (χ4v) is 8.20. The van der Waals surface area contributed by atoms with Crippen LogP contribution >= 0.6 is 98.2 Å². The van der Waals surface area contributed by atoms with Crippen molar-refractivity contribution < 1.29 is 9.09 Å². The largest absolute Gasteiger partial charge is 0.353 e. The van der Waals surface area contributed by atoms with Gasteiger partial charge >= 0.3 is 9.90 Å². The van der Waals surface area contributed by atoms with E-state index in [1.54, 1.807) is 0 Å². The fraction of sp³-hybridized carbons (Fsp3) is 1.00. The van der Waals surface area contributed by atoms with Crippen LogP contribution in [0.5, 0.6) is 0 Å². The van der Waals surface area contributed by atoms with Crippen molar-refractivity contribution >= 4 is 98.2 Å². The van der Waals surface area contributed by atoms with E-state index in [-0.39, 0.29) is 11.4 Å². The highest BCUT2D eigenvalue weighted by molar-refractivity contribution is 8.65. The highest BCUT2D eigenvalue weighted by Crippen LogP contribution is 2.73. The molecule has 1 unspecified atom stereocenters. The molecule has 11 heteroatoms. The second-order valence-corrected chi connectivity index (χ2v) is 12.4. The van der Waals surface area contributed by atoms with Crippen molar-refractivity contribution in [1.82, 2.24) is 0 Å². The zero-order valence-corrected chi connectivity index (χ0v) is 12.3. The lowest BCUT2D eigenvalue weighted by molar-refractivity contribution is 0.338. The first kappa shape index (κ1) is 15.6. The Hall–Kier alpha value is 2.57. The molecule has 0 bridgehead atoms. The first-order chi connectivity index (χ1) is 5.41. The molecule has 0 fully saturated rings. The molecule has 0 aliphatic carbocycles. The Balaban J connectivity index is 4.35. The van der Waals surface area contributed by atoms with Crippen molar-refractivity contribution in [3.63, 3.8) is 0 Å². The lowest BCUT2D eigenvalue weighted by Gasteiger charge is -2.19. The summed E-state index contributed by atoms with van der Waals surface area (Å²) in [6.07, 6.45) is 0. The van der Waals surface area contributed by atoms with Gasteiger partial charge in [-0.15, -0.1) is 0 Å². The molecular weight excluding hydrogens is 367 g/mol. The SMILES string of the molecule is O=P(Cl)(OC(Cl)(Cl)Cl)SC(Cl)(Cl)Cl. The summed E-state index contributed by atoms with van der Waals surface area (Å²) in [4.78, 5) is 0. The lowest BCUT2D eigenvalue weighted by atomic mass is 11.7. The van der Waals surface area contributed by atoms with Crippen molar-refractivity contribution in [3.05, 3.63) is 0 Å². The first-order valence-corrected chi connectivity index (χ1v) is 8.48. The van der Waals surface area contributed by atoms with Gasteiger partial charge in [0.1, 0.15) is 0 Å². The van der Waals surface area contributed by atoms with Gasteiger partial charge in [-0.05, 0) is 11.2 Å².